The molecule has 0 unspecified atom stereocenters. The van der Waals surface area contributed by atoms with Crippen LogP contribution >= 0.6 is 0 Å². The summed E-state index contributed by atoms with van der Waals surface area (Å²) in [6.07, 6.45) is -0.223. The standard InChI is InChI=1S/C22H22FN3O4/c23-13-3-1-12(2-4-13)21-16(15-6-5-14(27)9-18(15)26-21)7-8-20(29)24-10-17-19(28)11-25-22(17)30/h1-6,9,17,19,26-28H,7-8,10-11H2,(H,24,29)(H,25,30)/t17-,19+/m0/s1. The predicted octanol–water partition coefficient (Wildman–Crippen LogP) is 1.84. The van der Waals surface area contributed by atoms with Gasteiger partial charge in [-0.1, -0.05) is 0 Å². The summed E-state index contributed by atoms with van der Waals surface area (Å²) >= 11 is 0. The highest BCUT2D eigenvalue weighted by molar-refractivity contribution is 5.92. The molecule has 0 saturated carbocycles. The monoisotopic (exact) mass is 411 g/mol. The van der Waals surface area contributed by atoms with Gasteiger partial charge in [0.2, 0.25) is 11.8 Å². The van der Waals surface area contributed by atoms with Gasteiger partial charge in [0.05, 0.1) is 12.0 Å². The van der Waals surface area contributed by atoms with E-state index >= 15 is 0 Å². The number of aliphatic hydroxyl groups excluding tert-OH is 1. The number of carbonyl (C=O) groups is 2. The number of rotatable bonds is 6. The van der Waals surface area contributed by atoms with Gasteiger partial charge in [-0.05, 0) is 53.9 Å². The number of carbonyl (C=O) groups excluding carboxylic acids is 2. The number of halogens is 1. The first kappa shape index (κ1) is 19.9. The van der Waals surface area contributed by atoms with E-state index in [1.165, 1.54) is 12.1 Å². The summed E-state index contributed by atoms with van der Waals surface area (Å²) in [5.74, 6) is -1.36. The lowest BCUT2D eigenvalue weighted by molar-refractivity contribution is -0.124. The largest absolute Gasteiger partial charge is 0.508 e. The summed E-state index contributed by atoms with van der Waals surface area (Å²) in [7, 11) is 0. The lowest BCUT2D eigenvalue weighted by Crippen LogP contribution is -2.36. The molecule has 8 heteroatoms. The number of hydrogen-bond donors (Lipinski definition) is 5. The van der Waals surface area contributed by atoms with E-state index in [0.29, 0.717) is 6.42 Å². The number of aromatic nitrogens is 1. The average molecular weight is 411 g/mol. The number of nitrogens with one attached hydrogen (secondary N) is 3. The number of β-amino-alcohol motifs (C(OH)–C–C–N with tert-alkyl or cyclic N) is 1. The first-order valence-corrected chi connectivity index (χ1v) is 9.74. The SMILES string of the molecule is O=C(CCc1c(-c2ccc(F)cc2)[nH]c2cc(O)ccc12)NC[C@@H]1C(=O)NC[C@H]1O. The summed E-state index contributed by atoms with van der Waals surface area (Å²) in [5, 5.41) is 25.7. The summed E-state index contributed by atoms with van der Waals surface area (Å²) in [6, 6.07) is 11.0. The number of aryl methyl sites for hydroxylation is 1. The molecule has 4 rings (SSSR count). The smallest absolute Gasteiger partial charge is 0.227 e. The molecule has 2 aromatic carbocycles. The zero-order valence-corrected chi connectivity index (χ0v) is 16.1. The molecule has 0 radical (unpaired) electrons. The second-order valence-corrected chi connectivity index (χ2v) is 7.44. The Labute approximate surface area is 171 Å². The van der Waals surface area contributed by atoms with E-state index in [4.69, 9.17) is 0 Å². The highest BCUT2D eigenvalue weighted by Crippen LogP contribution is 2.33. The van der Waals surface area contributed by atoms with Crippen LogP contribution in [0.1, 0.15) is 12.0 Å². The van der Waals surface area contributed by atoms with Gasteiger partial charge < -0.3 is 25.8 Å². The Hall–Kier alpha value is -3.39. The zero-order valence-electron chi connectivity index (χ0n) is 16.1. The van der Waals surface area contributed by atoms with Crippen molar-refractivity contribution in [3.8, 4) is 17.0 Å². The molecule has 30 heavy (non-hydrogen) atoms. The molecule has 1 aliphatic heterocycles. The Morgan fingerprint density at radius 1 is 1.20 bits per heavy atom. The summed E-state index contributed by atoms with van der Waals surface area (Å²) in [4.78, 5) is 27.3. The number of benzene rings is 2. The number of hydrogen-bond acceptors (Lipinski definition) is 4. The highest BCUT2D eigenvalue weighted by atomic mass is 19.1. The fourth-order valence-electron chi connectivity index (χ4n) is 3.80. The number of aliphatic hydroxyl groups is 1. The van der Waals surface area contributed by atoms with Crippen LogP contribution in [0.5, 0.6) is 5.75 Å². The lowest BCUT2D eigenvalue weighted by atomic mass is 10.0. The minimum absolute atomic E-state index is 0.0818. The van der Waals surface area contributed by atoms with Crippen molar-refractivity contribution in [2.24, 2.45) is 5.92 Å². The van der Waals surface area contributed by atoms with Gasteiger partial charge in [0.15, 0.2) is 0 Å². The van der Waals surface area contributed by atoms with E-state index in [1.54, 1.807) is 30.3 Å². The van der Waals surface area contributed by atoms with Crippen LogP contribution < -0.4 is 10.6 Å². The second kappa shape index (κ2) is 8.16. The quantitative estimate of drug-likeness (QED) is 0.426. The van der Waals surface area contributed by atoms with E-state index in [2.05, 4.69) is 15.6 Å². The number of aromatic amines is 1. The number of fused-ring (bicyclic) bond motifs is 1. The van der Waals surface area contributed by atoms with Crippen LogP contribution in [0, 0.1) is 11.7 Å². The van der Waals surface area contributed by atoms with Gasteiger partial charge in [-0.25, -0.2) is 4.39 Å². The third-order valence-corrected chi connectivity index (χ3v) is 5.43. The van der Waals surface area contributed by atoms with Crippen LogP contribution in [0.25, 0.3) is 22.2 Å². The van der Waals surface area contributed by atoms with Crippen LogP contribution in [0.15, 0.2) is 42.5 Å². The van der Waals surface area contributed by atoms with E-state index in [1.807, 2.05) is 0 Å². The Bertz CT molecular complexity index is 1090. The van der Waals surface area contributed by atoms with Crippen LogP contribution in [0.4, 0.5) is 4.39 Å². The zero-order chi connectivity index (χ0) is 21.3. The van der Waals surface area contributed by atoms with E-state index < -0.39 is 12.0 Å². The topological polar surface area (TPSA) is 114 Å². The van der Waals surface area contributed by atoms with Crippen LogP contribution in [0.2, 0.25) is 0 Å². The Morgan fingerprint density at radius 2 is 1.97 bits per heavy atom. The molecule has 1 saturated heterocycles. The summed E-state index contributed by atoms with van der Waals surface area (Å²) < 4.78 is 13.3. The first-order chi connectivity index (χ1) is 14.4. The number of H-pyrrole nitrogens is 1. The molecule has 0 bridgehead atoms. The van der Waals surface area contributed by atoms with Crippen molar-refractivity contribution in [2.75, 3.05) is 13.1 Å². The normalized spacial score (nSPS) is 18.5. The third-order valence-electron chi connectivity index (χ3n) is 5.43. The van der Waals surface area contributed by atoms with Gasteiger partial charge in [-0.15, -0.1) is 0 Å². The number of aromatic hydroxyl groups is 1. The van der Waals surface area contributed by atoms with Gasteiger partial charge in [-0.2, -0.15) is 0 Å². The number of amides is 2. The molecule has 1 aromatic heterocycles. The van der Waals surface area contributed by atoms with E-state index in [-0.39, 0.29) is 42.9 Å². The summed E-state index contributed by atoms with van der Waals surface area (Å²) in [5.41, 5.74) is 3.13. The predicted molar refractivity (Wildman–Crippen MR) is 109 cm³/mol. The Balaban J connectivity index is 1.52. The fourth-order valence-corrected chi connectivity index (χ4v) is 3.80. The summed E-state index contributed by atoms with van der Waals surface area (Å²) in [6.45, 7) is 0.279. The maximum Gasteiger partial charge on any atom is 0.227 e. The Morgan fingerprint density at radius 3 is 2.67 bits per heavy atom. The molecule has 5 N–H and O–H groups in total. The molecule has 2 atom stereocenters. The molecule has 0 spiro atoms. The number of phenols is 1. The van der Waals surface area contributed by atoms with Gasteiger partial charge in [0.1, 0.15) is 11.6 Å². The van der Waals surface area contributed by atoms with Crippen molar-refractivity contribution in [1.82, 2.24) is 15.6 Å². The maximum absolute atomic E-state index is 13.3. The molecule has 0 aliphatic carbocycles. The van der Waals surface area contributed by atoms with Crippen molar-refractivity contribution >= 4 is 22.7 Å². The molecule has 7 nitrogen and oxygen atoms in total. The van der Waals surface area contributed by atoms with E-state index in [9.17, 15) is 24.2 Å². The molecular weight excluding hydrogens is 389 g/mol. The first-order valence-electron chi connectivity index (χ1n) is 9.74. The minimum Gasteiger partial charge on any atom is -0.508 e. The molecule has 3 aromatic rings. The van der Waals surface area contributed by atoms with Crippen molar-refractivity contribution < 1.29 is 24.2 Å². The van der Waals surface area contributed by atoms with Crippen molar-refractivity contribution in [2.45, 2.75) is 18.9 Å². The third kappa shape index (κ3) is 3.99. The number of phenolic OH excluding ortho intramolecular Hbond substituents is 1. The van der Waals surface area contributed by atoms with Gasteiger partial charge in [0, 0.05) is 42.2 Å². The molecule has 2 heterocycles. The van der Waals surface area contributed by atoms with Crippen molar-refractivity contribution in [1.29, 1.82) is 0 Å². The van der Waals surface area contributed by atoms with Crippen LogP contribution in [-0.2, 0) is 16.0 Å². The van der Waals surface area contributed by atoms with Crippen LogP contribution in [0.3, 0.4) is 0 Å². The average Bonchev–Trinajstić information content (AvgIpc) is 3.24. The van der Waals surface area contributed by atoms with Crippen molar-refractivity contribution in [3.63, 3.8) is 0 Å². The Kier molecular flexibility index (Phi) is 5.41. The lowest BCUT2D eigenvalue weighted by Gasteiger charge is -2.12. The van der Waals surface area contributed by atoms with Gasteiger partial charge >= 0.3 is 0 Å². The van der Waals surface area contributed by atoms with Crippen LogP contribution in [-0.4, -0.2) is 46.2 Å². The van der Waals surface area contributed by atoms with Gasteiger partial charge in [-0.3, -0.25) is 9.59 Å². The second-order valence-electron chi connectivity index (χ2n) is 7.44. The van der Waals surface area contributed by atoms with Gasteiger partial charge in [0.25, 0.3) is 0 Å². The van der Waals surface area contributed by atoms with Crippen molar-refractivity contribution in [3.05, 3.63) is 53.8 Å². The minimum atomic E-state index is -0.802. The molecule has 2 amide bonds. The fraction of sp³-hybridized carbons (Fsp3) is 0.273. The molecular formula is C22H22FN3O4. The van der Waals surface area contributed by atoms with E-state index in [0.717, 1.165) is 27.7 Å². The molecule has 1 aliphatic rings. The molecule has 156 valence electrons. The molecule has 1 fully saturated rings. The maximum atomic E-state index is 13.3. The highest BCUT2D eigenvalue weighted by Gasteiger charge is 2.33.